The first-order chi connectivity index (χ1) is 15.1. The van der Waals surface area contributed by atoms with Crippen LogP contribution in [0.1, 0.15) is 36.0 Å². The summed E-state index contributed by atoms with van der Waals surface area (Å²) in [5.74, 6) is -0.221. The summed E-state index contributed by atoms with van der Waals surface area (Å²) in [6, 6.07) is 11.6. The third kappa shape index (κ3) is 3.18. The van der Waals surface area contributed by atoms with Gasteiger partial charge >= 0.3 is 0 Å². The molecule has 160 valence electrons. The number of β-amino-alcohol motifs (C(OH)–C–C–N with tert-alkyl or cyclic N) is 1. The lowest BCUT2D eigenvalue weighted by Gasteiger charge is -2.44. The highest BCUT2D eigenvalue weighted by molar-refractivity contribution is 6.01. The van der Waals surface area contributed by atoms with E-state index in [9.17, 15) is 14.7 Å². The second-order valence-corrected chi connectivity index (χ2v) is 8.23. The molecule has 0 aliphatic carbocycles. The molecule has 1 aromatic carbocycles. The van der Waals surface area contributed by atoms with Crippen molar-refractivity contribution >= 4 is 23.0 Å². The van der Waals surface area contributed by atoms with Crippen LogP contribution < -0.4 is 0 Å². The summed E-state index contributed by atoms with van der Waals surface area (Å²) >= 11 is 0. The number of benzene rings is 1. The Hall–Kier alpha value is -3.26. The molecule has 0 saturated carbocycles. The van der Waals surface area contributed by atoms with E-state index in [1.54, 1.807) is 28.4 Å². The number of aliphatic hydroxyl groups excluding tert-OH is 1. The fourth-order valence-corrected chi connectivity index (χ4v) is 5.01. The van der Waals surface area contributed by atoms with Gasteiger partial charge in [-0.2, -0.15) is 0 Å². The van der Waals surface area contributed by atoms with E-state index >= 15 is 0 Å². The van der Waals surface area contributed by atoms with Gasteiger partial charge in [-0.05, 0) is 43.9 Å². The Balaban J connectivity index is 1.46. The second-order valence-electron chi connectivity index (χ2n) is 8.23. The Labute approximate surface area is 180 Å². The molecule has 0 bridgehead atoms. The lowest BCUT2D eigenvalue weighted by Crippen LogP contribution is -2.61. The number of fused-ring (bicyclic) bond motifs is 1. The molecule has 2 aromatic heterocycles. The van der Waals surface area contributed by atoms with Crippen molar-refractivity contribution in [2.75, 3.05) is 26.2 Å². The minimum absolute atomic E-state index is 0.0407. The maximum atomic E-state index is 13.5. The number of piperidine rings is 1. The number of hydrogen-bond acceptors (Lipinski definition) is 5. The van der Waals surface area contributed by atoms with Gasteiger partial charge in [0.2, 0.25) is 5.91 Å². The molecule has 8 nitrogen and oxygen atoms in total. The Bertz CT molecular complexity index is 1130. The van der Waals surface area contributed by atoms with Gasteiger partial charge in [-0.1, -0.05) is 18.2 Å². The first-order valence-corrected chi connectivity index (χ1v) is 10.7. The van der Waals surface area contributed by atoms with Crippen LogP contribution in [0.2, 0.25) is 0 Å². The van der Waals surface area contributed by atoms with Gasteiger partial charge < -0.3 is 14.9 Å². The average molecular weight is 419 g/mol. The first kappa shape index (κ1) is 19.7. The van der Waals surface area contributed by atoms with Crippen LogP contribution in [0.5, 0.6) is 0 Å². The van der Waals surface area contributed by atoms with Crippen molar-refractivity contribution in [1.29, 1.82) is 0 Å². The van der Waals surface area contributed by atoms with Crippen LogP contribution in [0.3, 0.4) is 0 Å². The molecule has 4 heterocycles. The summed E-state index contributed by atoms with van der Waals surface area (Å²) in [5, 5.41) is 9.31. The van der Waals surface area contributed by atoms with E-state index in [1.165, 1.54) is 0 Å². The monoisotopic (exact) mass is 419 g/mol. The van der Waals surface area contributed by atoms with Crippen LogP contribution in [0, 0.1) is 0 Å². The van der Waals surface area contributed by atoms with Crippen molar-refractivity contribution in [3.05, 3.63) is 54.5 Å². The summed E-state index contributed by atoms with van der Waals surface area (Å²) in [7, 11) is 0. The van der Waals surface area contributed by atoms with Crippen LogP contribution >= 0.6 is 0 Å². The zero-order valence-electron chi connectivity index (χ0n) is 17.3. The van der Waals surface area contributed by atoms with Crippen LogP contribution in [-0.4, -0.2) is 73.0 Å². The lowest BCUT2D eigenvalue weighted by atomic mass is 9.85. The van der Waals surface area contributed by atoms with Crippen molar-refractivity contribution in [2.45, 2.75) is 31.2 Å². The van der Waals surface area contributed by atoms with Gasteiger partial charge in [-0.25, -0.2) is 9.97 Å². The molecule has 5 rings (SSSR count). The number of para-hydroxylation sites is 1. The molecule has 3 aromatic rings. The molecule has 1 spiro atoms. The second kappa shape index (κ2) is 7.77. The minimum Gasteiger partial charge on any atom is -0.395 e. The number of pyridine rings is 1. The highest BCUT2D eigenvalue weighted by atomic mass is 16.3. The highest BCUT2D eigenvalue weighted by Gasteiger charge is 2.52. The predicted octanol–water partition coefficient (Wildman–Crippen LogP) is 2.01. The molecule has 2 aliphatic heterocycles. The number of carbonyl (C=O) groups excluding carboxylic acids is 2. The molecular formula is C23H25N5O3. The molecule has 2 aliphatic rings. The zero-order chi connectivity index (χ0) is 21.4. The number of hydrogen-bond donors (Lipinski definition) is 1. The number of carbonyl (C=O) groups is 2. The minimum atomic E-state index is -0.803. The normalized spacial score (nSPS) is 21.4. The third-order valence-corrected chi connectivity index (χ3v) is 6.48. The lowest BCUT2D eigenvalue weighted by molar-refractivity contribution is -0.146. The standard InChI is InChI=1S/C23H25N5O3/c29-13-12-26-10-4-8-23(22(26)31)9-5-11-28(23)21(30)17-14-19-20(24-15-17)27(16-25-19)18-6-2-1-3-7-18/h1-3,6-7,14-16,29H,4-5,8-13H2. The fraction of sp³-hybridized carbons (Fsp3) is 0.391. The Morgan fingerprint density at radius 2 is 1.87 bits per heavy atom. The van der Waals surface area contributed by atoms with E-state index in [0.717, 1.165) is 18.5 Å². The van der Waals surface area contributed by atoms with Crippen LogP contribution in [0.25, 0.3) is 16.9 Å². The quantitative estimate of drug-likeness (QED) is 0.699. The van der Waals surface area contributed by atoms with Crippen molar-refractivity contribution in [3.8, 4) is 5.69 Å². The maximum Gasteiger partial charge on any atom is 0.256 e. The predicted molar refractivity (Wildman–Crippen MR) is 115 cm³/mol. The Morgan fingerprint density at radius 3 is 2.65 bits per heavy atom. The highest BCUT2D eigenvalue weighted by Crippen LogP contribution is 2.39. The number of aliphatic hydroxyl groups is 1. The largest absolute Gasteiger partial charge is 0.395 e. The Morgan fingerprint density at radius 1 is 1.10 bits per heavy atom. The molecule has 2 saturated heterocycles. The van der Waals surface area contributed by atoms with E-state index < -0.39 is 5.54 Å². The maximum absolute atomic E-state index is 13.5. The van der Waals surface area contributed by atoms with Crippen molar-refractivity contribution in [1.82, 2.24) is 24.3 Å². The molecule has 2 fully saturated rings. The SMILES string of the molecule is O=C(c1cnc2c(c1)ncn2-c1ccccc1)N1CCCC12CCCN(CCO)C2=O. The summed E-state index contributed by atoms with van der Waals surface area (Å²) < 4.78 is 1.89. The van der Waals surface area contributed by atoms with E-state index in [0.29, 0.717) is 49.2 Å². The van der Waals surface area contributed by atoms with Gasteiger partial charge in [-0.3, -0.25) is 14.2 Å². The van der Waals surface area contributed by atoms with Crippen molar-refractivity contribution in [2.24, 2.45) is 0 Å². The first-order valence-electron chi connectivity index (χ1n) is 10.7. The fourth-order valence-electron chi connectivity index (χ4n) is 5.01. The van der Waals surface area contributed by atoms with E-state index in [-0.39, 0.29) is 18.4 Å². The third-order valence-electron chi connectivity index (χ3n) is 6.48. The summed E-state index contributed by atoms with van der Waals surface area (Å²) in [5.41, 5.74) is 1.91. The summed E-state index contributed by atoms with van der Waals surface area (Å²) in [6.07, 6.45) is 6.24. The van der Waals surface area contributed by atoms with E-state index in [4.69, 9.17) is 0 Å². The Kier molecular flexibility index (Phi) is 4.94. The van der Waals surface area contributed by atoms with Crippen molar-refractivity contribution in [3.63, 3.8) is 0 Å². The number of amides is 2. The van der Waals surface area contributed by atoms with Gasteiger partial charge in [0.15, 0.2) is 5.65 Å². The molecule has 0 radical (unpaired) electrons. The summed E-state index contributed by atoms with van der Waals surface area (Å²) in [4.78, 5) is 39.1. The number of imidazole rings is 1. The number of nitrogens with zero attached hydrogens (tertiary/aromatic N) is 5. The van der Waals surface area contributed by atoms with Gasteiger partial charge in [0.05, 0.1) is 12.2 Å². The van der Waals surface area contributed by atoms with Crippen LogP contribution in [0.4, 0.5) is 0 Å². The van der Waals surface area contributed by atoms with E-state index in [1.807, 2.05) is 34.9 Å². The topological polar surface area (TPSA) is 91.6 Å². The molecule has 1 N–H and O–H groups in total. The number of likely N-dealkylation sites (tertiary alicyclic amines) is 2. The van der Waals surface area contributed by atoms with Gasteiger partial charge in [0.25, 0.3) is 5.91 Å². The molecule has 31 heavy (non-hydrogen) atoms. The van der Waals surface area contributed by atoms with E-state index in [2.05, 4.69) is 9.97 Å². The number of aromatic nitrogens is 3. The molecule has 8 heteroatoms. The smallest absolute Gasteiger partial charge is 0.256 e. The van der Waals surface area contributed by atoms with Gasteiger partial charge in [0, 0.05) is 31.5 Å². The van der Waals surface area contributed by atoms with Gasteiger partial charge in [-0.15, -0.1) is 0 Å². The zero-order valence-corrected chi connectivity index (χ0v) is 17.3. The molecule has 1 atom stereocenters. The molecule has 2 amide bonds. The average Bonchev–Trinajstić information content (AvgIpc) is 3.42. The summed E-state index contributed by atoms with van der Waals surface area (Å²) in [6.45, 7) is 1.43. The van der Waals surface area contributed by atoms with Crippen molar-refractivity contribution < 1.29 is 14.7 Å². The number of rotatable bonds is 4. The molecule has 1 unspecified atom stereocenters. The van der Waals surface area contributed by atoms with Crippen LogP contribution in [-0.2, 0) is 4.79 Å². The van der Waals surface area contributed by atoms with Gasteiger partial charge in [0.1, 0.15) is 17.4 Å². The molecular weight excluding hydrogens is 394 g/mol. The van der Waals surface area contributed by atoms with Crippen LogP contribution in [0.15, 0.2) is 48.9 Å².